The van der Waals surface area contributed by atoms with Crippen molar-refractivity contribution in [2.75, 3.05) is 52.7 Å². The molecule has 0 bridgehead atoms. The highest BCUT2D eigenvalue weighted by Crippen LogP contribution is 2.26. The molecule has 12 heteroatoms. The molecular weight excluding hydrogens is 538 g/mol. The number of nitrogen functional groups attached to an aromatic ring is 1. The maximum Gasteiger partial charge on any atom is 0.328 e. The predicted octanol–water partition coefficient (Wildman–Crippen LogP) is 2.95. The standard InChI is InChI=1S/C30H45N7O5/c1-4-5-17-41-29-34-27(31)26-28(35-29)37(30(39)33-26)20-21-8-10-23(11-9-21)42-24(22-12-14-32-15-13-22)19-25(38)40-18-7-6-16-36(2)3/h8-11,22,24,32H,4-7,12-20H2,1-3H3,(H,33,39)(H2,31,34,35). The van der Waals surface area contributed by atoms with Crippen molar-refractivity contribution in [1.29, 1.82) is 0 Å². The second kappa shape index (κ2) is 15.5. The monoisotopic (exact) mass is 583 g/mol. The summed E-state index contributed by atoms with van der Waals surface area (Å²) >= 11 is 0. The maximum absolute atomic E-state index is 12.8. The highest BCUT2D eigenvalue weighted by Gasteiger charge is 2.28. The van der Waals surface area contributed by atoms with Crippen LogP contribution < -0.4 is 26.2 Å². The number of carbonyl (C=O) groups is 1. The Balaban J connectivity index is 1.41. The number of hydrogen-bond acceptors (Lipinski definition) is 10. The number of imidazole rings is 1. The average Bonchev–Trinajstić information content (AvgIpc) is 3.29. The molecular formula is C30H45N7O5. The van der Waals surface area contributed by atoms with E-state index in [-0.39, 0.29) is 48.5 Å². The van der Waals surface area contributed by atoms with Gasteiger partial charge in [0.2, 0.25) is 0 Å². The lowest BCUT2D eigenvalue weighted by atomic mass is 9.90. The van der Waals surface area contributed by atoms with E-state index in [1.165, 1.54) is 4.57 Å². The Morgan fingerprint density at radius 2 is 1.88 bits per heavy atom. The number of piperidine rings is 1. The van der Waals surface area contributed by atoms with E-state index in [0.29, 0.717) is 30.1 Å². The Kier molecular flexibility index (Phi) is 11.6. The van der Waals surface area contributed by atoms with Gasteiger partial charge in [0.25, 0.3) is 0 Å². The molecule has 4 rings (SSSR count). The molecule has 3 aromatic rings. The summed E-state index contributed by atoms with van der Waals surface area (Å²) in [7, 11) is 4.07. The molecule has 1 fully saturated rings. The molecule has 0 saturated carbocycles. The number of unbranched alkanes of at least 4 members (excludes halogenated alkanes) is 2. The van der Waals surface area contributed by atoms with Gasteiger partial charge in [-0.05, 0) is 89.4 Å². The normalized spacial score (nSPS) is 14.8. The van der Waals surface area contributed by atoms with Gasteiger partial charge in [-0.15, -0.1) is 0 Å². The molecule has 1 atom stereocenters. The molecule has 3 heterocycles. The van der Waals surface area contributed by atoms with E-state index in [0.717, 1.165) is 63.7 Å². The first-order chi connectivity index (χ1) is 20.3. The molecule has 42 heavy (non-hydrogen) atoms. The number of esters is 1. The molecule has 0 amide bonds. The summed E-state index contributed by atoms with van der Waals surface area (Å²) in [5, 5.41) is 3.38. The number of carbonyl (C=O) groups excluding carboxylic acids is 1. The second-order valence-electron chi connectivity index (χ2n) is 11.1. The topological polar surface area (TPSA) is 150 Å². The molecule has 230 valence electrons. The fourth-order valence-corrected chi connectivity index (χ4v) is 5.04. The largest absolute Gasteiger partial charge is 0.490 e. The van der Waals surface area contributed by atoms with Crippen molar-refractivity contribution in [2.24, 2.45) is 5.92 Å². The Bertz CT molecular complexity index is 1330. The van der Waals surface area contributed by atoms with Gasteiger partial charge in [0.05, 0.1) is 26.2 Å². The summed E-state index contributed by atoms with van der Waals surface area (Å²) < 4.78 is 19.1. The summed E-state index contributed by atoms with van der Waals surface area (Å²) in [6.45, 7) is 6.03. The number of fused-ring (bicyclic) bond motifs is 1. The van der Waals surface area contributed by atoms with Crippen LogP contribution in [-0.2, 0) is 16.1 Å². The molecule has 0 spiro atoms. The molecule has 1 aliphatic rings. The van der Waals surface area contributed by atoms with Gasteiger partial charge in [-0.25, -0.2) is 4.79 Å². The summed E-state index contributed by atoms with van der Waals surface area (Å²) in [6, 6.07) is 7.72. The number of rotatable bonds is 16. The zero-order valence-electron chi connectivity index (χ0n) is 25.1. The molecule has 4 N–H and O–H groups in total. The molecule has 0 aliphatic carbocycles. The number of H-pyrrole nitrogens is 1. The van der Waals surface area contributed by atoms with Crippen LogP contribution in [0.25, 0.3) is 11.2 Å². The van der Waals surface area contributed by atoms with Gasteiger partial charge in [0.1, 0.15) is 17.4 Å². The number of ether oxygens (including phenoxy) is 3. The minimum atomic E-state index is -0.330. The first-order valence-corrected chi connectivity index (χ1v) is 15.0. The molecule has 12 nitrogen and oxygen atoms in total. The Morgan fingerprint density at radius 1 is 1.12 bits per heavy atom. The number of aromatic nitrogens is 4. The van der Waals surface area contributed by atoms with Crippen LogP contribution in [0.5, 0.6) is 11.8 Å². The highest BCUT2D eigenvalue weighted by molar-refractivity contribution is 5.82. The second-order valence-corrected chi connectivity index (χ2v) is 11.1. The van der Waals surface area contributed by atoms with Gasteiger partial charge in [-0.3, -0.25) is 9.36 Å². The van der Waals surface area contributed by atoms with Crippen molar-refractivity contribution in [2.45, 2.75) is 64.5 Å². The van der Waals surface area contributed by atoms with Crippen molar-refractivity contribution in [3.8, 4) is 11.8 Å². The molecule has 1 unspecified atom stereocenters. The van der Waals surface area contributed by atoms with Crippen LogP contribution in [0.4, 0.5) is 5.82 Å². The summed E-state index contributed by atoms with van der Waals surface area (Å²) in [6.07, 6.45) is 5.51. The number of benzene rings is 1. The predicted molar refractivity (Wildman–Crippen MR) is 162 cm³/mol. The minimum Gasteiger partial charge on any atom is -0.490 e. The van der Waals surface area contributed by atoms with Gasteiger partial charge >= 0.3 is 17.7 Å². The minimum absolute atomic E-state index is 0.154. The fraction of sp³-hybridized carbons (Fsp3) is 0.600. The van der Waals surface area contributed by atoms with Crippen molar-refractivity contribution in [3.05, 3.63) is 40.3 Å². The first-order valence-electron chi connectivity index (χ1n) is 15.0. The van der Waals surface area contributed by atoms with Crippen molar-refractivity contribution in [1.82, 2.24) is 29.7 Å². The lowest BCUT2D eigenvalue weighted by molar-refractivity contribution is -0.146. The number of hydrogen-bond donors (Lipinski definition) is 3. The fourth-order valence-electron chi connectivity index (χ4n) is 5.04. The molecule has 1 aliphatic heterocycles. The zero-order valence-corrected chi connectivity index (χ0v) is 25.1. The van der Waals surface area contributed by atoms with E-state index in [4.69, 9.17) is 19.9 Å². The molecule has 1 aromatic carbocycles. The van der Waals surface area contributed by atoms with Crippen molar-refractivity contribution in [3.63, 3.8) is 0 Å². The van der Waals surface area contributed by atoms with Crippen molar-refractivity contribution >= 4 is 23.0 Å². The van der Waals surface area contributed by atoms with Gasteiger partial charge in [-0.2, -0.15) is 9.97 Å². The van der Waals surface area contributed by atoms with E-state index in [9.17, 15) is 9.59 Å². The van der Waals surface area contributed by atoms with E-state index >= 15 is 0 Å². The molecule has 1 saturated heterocycles. The van der Waals surface area contributed by atoms with Gasteiger partial charge < -0.3 is 35.1 Å². The maximum atomic E-state index is 12.8. The van der Waals surface area contributed by atoms with E-state index in [1.807, 2.05) is 38.4 Å². The number of aromatic amines is 1. The Hall–Kier alpha value is -3.64. The van der Waals surface area contributed by atoms with Crippen LogP contribution in [0, 0.1) is 5.92 Å². The quantitative estimate of drug-likeness (QED) is 0.170. The zero-order chi connectivity index (χ0) is 29.9. The number of nitrogens with two attached hydrogens (primary N) is 1. The SMILES string of the molecule is CCCCOc1nc(N)c2[nH]c(=O)n(Cc3ccc(OC(CC(=O)OCCCCN(C)C)C4CCNCC4)cc3)c2n1. The Labute approximate surface area is 246 Å². The third-order valence-corrected chi connectivity index (χ3v) is 7.45. The Morgan fingerprint density at radius 3 is 2.60 bits per heavy atom. The highest BCUT2D eigenvalue weighted by atomic mass is 16.5. The third kappa shape index (κ3) is 8.93. The van der Waals surface area contributed by atoms with Crippen LogP contribution in [-0.4, -0.2) is 83.4 Å². The average molecular weight is 584 g/mol. The number of anilines is 1. The van der Waals surface area contributed by atoms with E-state index in [2.05, 4.69) is 32.1 Å². The van der Waals surface area contributed by atoms with Crippen LogP contribution in [0.3, 0.4) is 0 Å². The molecule has 0 radical (unpaired) electrons. The van der Waals surface area contributed by atoms with E-state index < -0.39 is 0 Å². The van der Waals surface area contributed by atoms with Gasteiger partial charge in [0, 0.05) is 0 Å². The molecule has 2 aromatic heterocycles. The van der Waals surface area contributed by atoms with Gasteiger partial charge in [0.15, 0.2) is 11.5 Å². The third-order valence-electron chi connectivity index (χ3n) is 7.45. The first kappa shape index (κ1) is 31.3. The van der Waals surface area contributed by atoms with Gasteiger partial charge in [-0.1, -0.05) is 25.5 Å². The van der Waals surface area contributed by atoms with E-state index in [1.54, 1.807) is 0 Å². The van der Waals surface area contributed by atoms with Crippen LogP contribution in [0.15, 0.2) is 29.1 Å². The lowest BCUT2D eigenvalue weighted by Crippen LogP contribution is -2.38. The summed E-state index contributed by atoms with van der Waals surface area (Å²) in [5.74, 6) is 0.876. The van der Waals surface area contributed by atoms with Crippen LogP contribution in [0.2, 0.25) is 0 Å². The number of nitrogens with zero attached hydrogens (tertiary/aromatic N) is 4. The summed E-state index contributed by atoms with van der Waals surface area (Å²) in [4.78, 5) is 38.9. The lowest BCUT2D eigenvalue weighted by Gasteiger charge is -2.30. The number of nitrogens with one attached hydrogen (secondary N) is 2. The van der Waals surface area contributed by atoms with Crippen LogP contribution in [0.1, 0.15) is 57.4 Å². The summed E-state index contributed by atoms with van der Waals surface area (Å²) in [5.41, 5.74) is 7.41. The van der Waals surface area contributed by atoms with Crippen molar-refractivity contribution < 1.29 is 19.0 Å². The van der Waals surface area contributed by atoms with Crippen LogP contribution >= 0.6 is 0 Å². The smallest absolute Gasteiger partial charge is 0.328 e.